The molecule has 7 nitrogen and oxygen atoms in total. The van der Waals surface area contributed by atoms with Gasteiger partial charge in [0.05, 0.1) is 19.4 Å². The number of hydrogen-bond acceptors (Lipinski definition) is 6. The van der Waals surface area contributed by atoms with Crippen LogP contribution in [0.2, 0.25) is 0 Å². The van der Waals surface area contributed by atoms with Gasteiger partial charge in [0.1, 0.15) is 5.75 Å². The number of rotatable bonds is 8. The Morgan fingerprint density at radius 1 is 1.14 bits per heavy atom. The van der Waals surface area contributed by atoms with Gasteiger partial charge in [-0.25, -0.2) is 4.98 Å². The van der Waals surface area contributed by atoms with E-state index in [0.29, 0.717) is 18.5 Å². The molecule has 1 aromatic heterocycles. The van der Waals surface area contributed by atoms with Crippen molar-refractivity contribution in [1.82, 2.24) is 9.97 Å². The van der Waals surface area contributed by atoms with Crippen molar-refractivity contribution in [2.45, 2.75) is 33.3 Å². The molecule has 1 aromatic carbocycles. The van der Waals surface area contributed by atoms with Crippen LogP contribution in [0.25, 0.3) is 0 Å². The SMILES string of the molecule is COCc1nc(N2CCN(c3cccc(OC)c3)CC2)[nH]c(=O)c1CCC(C)C. The maximum absolute atomic E-state index is 12.7. The third-order valence-corrected chi connectivity index (χ3v) is 5.34. The Bertz CT molecular complexity index is 857. The number of H-pyrrole nitrogens is 1. The van der Waals surface area contributed by atoms with Crippen LogP contribution in [-0.4, -0.2) is 50.4 Å². The molecule has 1 aliphatic rings. The summed E-state index contributed by atoms with van der Waals surface area (Å²) in [5.74, 6) is 2.03. The third kappa shape index (κ3) is 5.29. The Labute approximate surface area is 172 Å². The molecule has 0 aliphatic carbocycles. The van der Waals surface area contributed by atoms with Crippen molar-refractivity contribution in [2.24, 2.45) is 5.92 Å². The molecule has 2 heterocycles. The van der Waals surface area contributed by atoms with Crippen molar-refractivity contribution in [3.63, 3.8) is 0 Å². The normalized spacial score (nSPS) is 14.5. The van der Waals surface area contributed by atoms with E-state index in [1.165, 1.54) is 0 Å². The van der Waals surface area contributed by atoms with Crippen LogP contribution in [0.5, 0.6) is 5.75 Å². The lowest BCUT2D eigenvalue weighted by Crippen LogP contribution is -2.47. The molecule has 0 unspecified atom stereocenters. The number of nitrogens with zero attached hydrogens (tertiary/aromatic N) is 3. The Kier molecular flexibility index (Phi) is 7.14. The monoisotopic (exact) mass is 400 g/mol. The van der Waals surface area contributed by atoms with E-state index in [1.807, 2.05) is 12.1 Å². The predicted octanol–water partition coefficient (Wildman–Crippen LogP) is 2.84. The highest BCUT2D eigenvalue weighted by molar-refractivity contribution is 5.52. The van der Waals surface area contributed by atoms with Gasteiger partial charge >= 0.3 is 0 Å². The summed E-state index contributed by atoms with van der Waals surface area (Å²) < 4.78 is 10.6. The zero-order chi connectivity index (χ0) is 20.8. The fourth-order valence-corrected chi connectivity index (χ4v) is 3.61. The molecule has 1 aliphatic heterocycles. The van der Waals surface area contributed by atoms with E-state index in [9.17, 15) is 4.79 Å². The molecule has 1 saturated heterocycles. The molecule has 0 radical (unpaired) electrons. The number of piperazine rings is 1. The van der Waals surface area contributed by atoms with Crippen LogP contribution in [-0.2, 0) is 17.8 Å². The van der Waals surface area contributed by atoms with Crippen molar-refractivity contribution in [1.29, 1.82) is 0 Å². The van der Waals surface area contributed by atoms with E-state index < -0.39 is 0 Å². The summed E-state index contributed by atoms with van der Waals surface area (Å²) in [5, 5.41) is 0. The molecule has 0 atom stereocenters. The minimum Gasteiger partial charge on any atom is -0.497 e. The molecule has 3 rings (SSSR count). The third-order valence-electron chi connectivity index (χ3n) is 5.34. The van der Waals surface area contributed by atoms with Gasteiger partial charge in [0.15, 0.2) is 0 Å². The van der Waals surface area contributed by atoms with Crippen LogP contribution in [0.3, 0.4) is 0 Å². The summed E-state index contributed by atoms with van der Waals surface area (Å²) in [7, 11) is 3.32. The van der Waals surface area contributed by atoms with E-state index in [-0.39, 0.29) is 5.56 Å². The van der Waals surface area contributed by atoms with Crippen molar-refractivity contribution >= 4 is 11.6 Å². The predicted molar refractivity (Wildman–Crippen MR) is 116 cm³/mol. The van der Waals surface area contributed by atoms with Crippen LogP contribution in [0, 0.1) is 5.92 Å². The number of nitrogens with one attached hydrogen (secondary N) is 1. The van der Waals surface area contributed by atoms with Crippen LogP contribution in [0.1, 0.15) is 31.5 Å². The average Bonchev–Trinajstić information content (AvgIpc) is 2.73. The summed E-state index contributed by atoms with van der Waals surface area (Å²) in [6.07, 6.45) is 1.68. The lowest BCUT2D eigenvalue weighted by molar-refractivity contribution is 0.180. The average molecular weight is 401 g/mol. The van der Waals surface area contributed by atoms with Gasteiger partial charge in [-0.1, -0.05) is 19.9 Å². The summed E-state index contributed by atoms with van der Waals surface area (Å²) in [4.78, 5) is 25.0. The summed E-state index contributed by atoms with van der Waals surface area (Å²) in [5.41, 5.74) is 2.61. The number of aromatic amines is 1. The van der Waals surface area contributed by atoms with Gasteiger partial charge in [0, 0.05) is 50.6 Å². The van der Waals surface area contributed by atoms with Crippen molar-refractivity contribution < 1.29 is 9.47 Å². The number of benzene rings is 1. The molecule has 1 fully saturated rings. The Balaban J connectivity index is 1.73. The minimum absolute atomic E-state index is 0.0436. The van der Waals surface area contributed by atoms with Crippen LogP contribution in [0.4, 0.5) is 11.6 Å². The molecule has 0 bridgehead atoms. The molecule has 1 N–H and O–H groups in total. The molecule has 7 heteroatoms. The van der Waals surface area contributed by atoms with E-state index in [1.54, 1.807) is 14.2 Å². The van der Waals surface area contributed by atoms with Gasteiger partial charge in [-0.05, 0) is 30.9 Å². The molecule has 0 amide bonds. The number of anilines is 2. The highest BCUT2D eigenvalue weighted by Gasteiger charge is 2.21. The van der Waals surface area contributed by atoms with E-state index in [0.717, 1.165) is 61.7 Å². The van der Waals surface area contributed by atoms with Crippen LogP contribution in [0.15, 0.2) is 29.1 Å². The molecule has 0 spiro atoms. The molecular formula is C22H32N4O3. The van der Waals surface area contributed by atoms with E-state index in [4.69, 9.17) is 14.5 Å². The zero-order valence-corrected chi connectivity index (χ0v) is 17.9. The Morgan fingerprint density at radius 3 is 2.52 bits per heavy atom. The first-order chi connectivity index (χ1) is 14.0. The second kappa shape index (κ2) is 9.78. The lowest BCUT2D eigenvalue weighted by Gasteiger charge is -2.36. The maximum Gasteiger partial charge on any atom is 0.255 e. The first-order valence-corrected chi connectivity index (χ1v) is 10.3. The first kappa shape index (κ1) is 21.2. The fraction of sp³-hybridized carbons (Fsp3) is 0.545. The smallest absolute Gasteiger partial charge is 0.255 e. The number of aromatic nitrogens is 2. The van der Waals surface area contributed by atoms with Gasteiger partial charge < -0.3 is 19.3 Å². The molecule has 0 saturated carbocycles. The van der Waals surface area contributed by atoms with Gasteiger partial charge in [-0.3, -0.25) is 9.78 Å². The first-order valence-electron chi connectivity index (χ1n) is 10.3. The maximum atomic E-state index is 12.7. The molecular weight excluding hydrogens is 368 g/mol. The second-order valence-corrected chi connectivity index (χ2v) is 7.86. The number of methoxy groups -OCH3 is 2. The van der Waals surface area contributed by atoms with Gasteiger partial charge in [0.2, 0.25) is 5.95 Å². The summed E-state index contributed by atoms with van der Waals surface area (Å²) in [6, 6.07) is 8.10. The minimum atomic E-state index is -0.0436. The second-order valence-electron chi connectivity index (χ2n) is 7.86. The highest BCUT2D eigenvalue weighted by atomic mass is 16.5. The Morgan fingerprint density at radius 2 is 1.86 bits per heavy atom. The molecule has 2 aromatic rings. The van der Waals surface area contributed by atoms with Crippen molar-refractivity contribution in [3.05, 3.63) is 45.9 Å². The van der Waals surface area contributed by atoms with Gasteiger partial charge in [0.25, 0.3) is 5.56 Å². The molecule has 29 heavy (non-hydrogen) atoms. The van der Waals surface area contributed by atoms with Crippen LogP contribution < -0.4 is 20.1 Å². The quantitative estimate of drug-likeness (QED) is 0.735. The molecule has 158 valence electrons. The van der Waals surface area contributed by atoms with Crippen molar-refractivity contribution in [3.8, 4) is 5.75 Å². The largest absolute Gasteiger partial charge is 0.497 e. The topological polar surface area (TPSA) is 70.7 Å². The van der Waals surface area contributed by atoms with Crippen LogP contribution >= 0.6 is 0 Å². The fourth-order valence-electron chi connectivity index (χ4n) is 3.61. The van der Waals surface area contributed by atoms with Crippen molar-refractivity contribution in [2.75, 3.05) is 50.2 Å². The zero-order valence-electron chi connectivity index (χ0n) is 17.9. The van der Waals surface area contributed by atoms with E-state index in [2.05, 4.69) is 40.8 Å². The highest BCUT2D eigenvalue weighted by Crippen LogP contribution is 2.23. The number of hydrogen-bond donors (Lipinski definition) is 1. The lowest BCUT2D eigenvalue weighted by atomic mass is 10.0. The van der Waals surface area contributed by atoms with Gasteiger partial charge in [-0.2, -0.15) is 0 Å². The summed E-state index contributed by atoms with van der Waals surface area (Å²) >= 11 is 0. The Hall–Kier alpha value is -2.54. The van der Waals surface area contributed by atoms with E-state index >= 15 is 0 Å². The van der Waals surface area contributed by atoms with Gasteiger partial charge in [-0.15, -0.1) is 0 Å². The summed E-state index contributed by atoms with van der Waals surface area (Å²) in [6.45, 7) is 7.96. The number of ether oxygens (including phenoxy) is 2. The standard InChI is InChI=1S/C22H32N4O3/c1-16(2)8-9-19-20(15-28-3)23-22(24-21(19)27)26-12-10-25(11-13-26)17-6-5-7-18(14-17)29-4/h5-7,14,16H,8-13,15H2,1-4H3,(H,23,24,27).